The predicted octanol–water partition coefficient (Wildman–Crippen LogP) is 3.35. The molecular formula is C16H20F3NO3. The van der Waals surface area contributed by atoms with Gasteiger partial charge in [-0.25, -0.2) is 4.79 Å². The van der Waals surface area contributed by atoms with Crippen LogP contribution in [0.1, 0.15) is 44.7 Å². The lowest BCUT2D eigenvalue weighted by atomic mass is 9.82. The second-order valence-corrected chi connectivity index (χ2v) is 5.86. The molecule has 23 heavy (non-hydrogen) atoms. The molecule has 1 amide bonds. The van der Waals surface area contributed by atoms with Gasteiger partial charge in [-0.15, -0.1) is 0 Å². The quantitative estimate of drug-likeness (QED) is 0.840. The van der Waals surface area contributed by atoms with Crippen molar-refractivity contribution in [1.82, 2.24) is 5.32 Å². The average Bonchev–Trinajstić information content (AvgIpc) is 2.45. The van der Waals surface area contributed by atoms with Crippen LogP contribution < -0.4 is 5.32 Å². The van der Waals surface area contributed by atoms with Crippen molar-refractivity contribution in [1.29, 1.82) is 0 Å². The first-order valence-corrected chi connectivity index (χ1v) is 7.21. The molecule has 1 aromatic carbocycles. The Morgan fingerprint density at radius 3 is 2.26 bits per heavy atom. The van der Waals surface area contributed by atoms with Crippen molar-refractivity contribution in [2.45, 2.75) is 51.2 Å². The number of carbonyl (C=O) groups is 2. The van der Waals surface area contributed by atoms with Gasteiger partial charge in [-0.1, -0.05) is 31.5 Å². The summed E-state index contributed by atoms with van der Waals surface area (Å²) < 4.78 is 38.4. The third kappa shape index (κ3) is 4.71. The second kappa shape index (κ2) is 7.02. The van der Waals surface area contributed by atoms with Crippen LogP contribution in [0.25, 0.3) is 0 Å². The number of rotatable bonds is 6. The number of hydrogen-bond donors (Lipinski definition) is 2. The molecule has 2 N–H and O–H groups in total. The number of aliphatic carboxylic acids is 1. The molecule has 0 heterocycles. The summed E-state index contributed by atoms with van der Waals surface area (Å²) in [5, 5.41) is 11.5. The smallest absolute Gasteiger partial charge is 0.416 e. The molecule has 0 saturated heterocycles. The highest BCUT2D eigenvalue weighted by Crippen LogP contribution is 2.33. The van der Waals surface area contributed by atoms with Gasteiger partial charge < -0.3 is 10.4 Å². The van der Waals surface area contributed by atoms with E-state index in [9.17, 15) is 22.8 Å². The summed E-state index contributed by atoms with van der Waals surface area (Å²) in [6.45, 7) is 4.70. The van der Waals surface area contributed by atoms with Crippen molar-refractivity contribution in [3.05, 3.63) is 35.4 Å². The topological polar surface area (TPSA) is 66.4 Å². The highest BCUT2D eigenvalue weighted by molar-refractivity contribution is 5.90. The molecule has 0 bridgehead atoms. The largest absolute Gasteiger partial charge is 0.480 e. The zero-order valence-electron chi connectivity index (χ0n) is 13.2. The van der Waals surface area contributed by atoms with Crippen molar-refractivity contribution < 1.29 is 27.9 Å². The van der Waals surface area contributed by atoms with E-state index in [-0.39, 0.29) is 12.0 Å². The van der Waals surface area contributed by atoms with Gasteiger partial charge in [-0.3, -0.25) is 4.79 Å². The normalized spacial score (nSPS) is 13.5. The molecule has 0 saturated carbocycles. The molecular weight excluding hydrogens is 311 g/mol. The van der Waals surface area contributed by atoms with Crippen LogP contribution >= 0.6 is 0 Å². The number of halogens is 3. The molecule has 0 radical (unpaired) electrons. The van der Waals surface area contributed by atoms with E-state index >= 15 is 0 Å². The number of carbonyl (C=O) groups excluding carboxylic acids is 1. The summed E-state index contributed by atoms with van der Waals surface area (Å²) in [5.41, 5.74) is -1.97. The van der Waals surface area contributed by atoms with Crippen molar-refractivity contribution in [3.63, 3.8) is 0 Å². The fourth-order valence-electron chi connectivity index (χ4n) is 2.10. The Morgan fingerprint density at radius 2 is 1.78 bits per heavy atom. The maximum atomic E-state index is 12.8. The monoisotopic (exact) mass is 331 g/mol. The van der Waals surface area contributed by atoms with Gasteiger partial charge in [0, 0.05) is 0 Å². The van der Waals surface area contributed by atoms with Crippen molar-refractivity contribution >= 4 is 11.9 Å². The minimum atomic E-state index is -4.51. The van der Waals surface area contributed by atoms with Gasteiger partial charge in [0.25, 0.3) is 0 Å². The molecule has 0 aliphatic carbocycles. The van der Waals surface area contributed by atoms with Crippen molar-refractivity contribution in [2.24, 2.45) is 0 Å². The third-order valence-corrected chi connectivity index (χ3v) is 3.66. The molecule has 7 heteroatoms. The van der Waals surface area contributed by atoms with Gasteiger partial charge >= 0.3 is 12.1 Å². The van der Waals surface area contributed by atoms with E-state index in [2.05, 4.69) is 5.32 Å². The number of amides is 1. The van der Waals surface area contributed by atoms with Crippen LogP contribution in [0, 0.1) is 0 Å². The molecule has 4 nitrogen and oxygen atoms in total. The Kier molecular flexibility index (Phi) is 5.80. The van der Waals surface area contributed by atoms with Gasteiger partial charge in [-0.2, -0.15) is 13.2 Å². The van der Waals surface area contributed by atoms with Crippen molar-refractivity contribution in [2.75, 3.05) is 0 Å². The van der Waals surface area contributed by atoms with E-state index in [1.165, 1.54) is 26.0 Å². The summed E-state index contributed by atoms with van der Waals surface area (Å²) in [6.07, 6.45) is -3.70. The van der Waals surface area contributed by atoms with E-state index in [0.717, 1.165) is 12.1 Å². The molecule has 1 atom stereocenters. The molecule has 0 fully saturated rings. The summed E-state index contributed by atoms with van der Waals surface area (Å²) >= 11 is 0. The van der Waals surface area contributed by atoms with Gasteiger partial charge in [0.15, 0.2) is 0 Å². The van der Waals surface area contributed by atoms with Crippen LogP contribution in [-0.2, 0) is 21.2 Å². The van der Waals surface area contributed by atoms with E-state index in [1.807, 2.05) is 0 Å². The van der Waals surface area contributed by atoms with E-state index in [4.69, 9.17) is 5.11 Å². The first-order chi connectivity index (χ1) is 10.5. The summed E-state index contributed by atoms with van der Waals surface area (Å²) in [4.78, 5) is 23.5. The van der Waals surface area contributed by atoms with Gasteiger partial charge in [0.2, 0.25) is 5.91 Å². The Bertz CT molecular complexity index is 582. The number of alkyl halides is 3. The number of carboxylic acids is 1. The minimum Gasteiger partial charge on any atom is -0.480 e. The lowest BCUT2D eigenvalue weighted by Gasteiger charge is -2.27. The van der Waals surface area contributed by atoms with Crippen LogP contribution in [-0.4, -0.2) is 23.0 Å². The standard InChI is InChI=1S/C16H20F3NO3/c1-4-6-12(13(21)22)20-14(23)15(2,3)10-7-5-8-11(9-10)16(17,18)19/h5,7-9,12H,4,6H2,1-3H3,(H,20,23)(H,21,22). The number of hydrogen-bond acceptors (Lipinski definition) is 2. The van der Waals surface area contributed by atoms with Crippen LogP contribution in [0.15, 0.2) is 24.3 Å². The van der Waals surface area contributed by atoms with E-state index in [0.29, 0.717) is 6.42 Å². The molecule has 0 aliphatic heterocycles. The molecule has 0 aromatic heterocycles. The van der Waals surface area contributed by atoms with E-state index < -0.39 is 35.1 Å². The number of nitrogens with one attached hydrogen (secondary N) is 1. The van der Waals surface area contributed by atoms with Crippen LogP contribution in [0.4, 0.5) is 13.2 Å². The van der Waals surface area contributed by atoms with Crippen molar-refractivity contribution in [3.8, 4) is 0 Å². The lowest BCUT2D eigenvalue weighted by Crippen LogP contribution is -2.48. The van der Waals surface area contributed by atoms with Crippen LogP contribution in [0.2, 0.25) is 0 Å². The Hall–Kier alpha value is -2.05. The average molecular weight is 331 g/mol. The van der Waals surface area contributed by atoms with Gasteiger partial charge in [0.1, 0.15) is 6.04 Å². The molecule has 1 aromatic rings. The van der Waals surface area contributed by atoms with Gasteiger partial charge in [0.05, 0.1) is 11.0 Å². The zero-order valence-corrected chi connectivity index (χ0v) is 13.2. The molecule has 1 unspecified atom stereocenters. The maximum absolute atomic E-state index is 12.8. The fourth-order valence-corrected chi connectivity index (χ4v) is 2.10. The number of benzene rings is 1. The second-order valence-electron chi connectivity index (χ2n) is 5.86. The van der Waals surface area contributed by atoms with E-state index in [1.54, 1.807) is 6.92 Å². The minimum absolute atomic E-state index is 0.172. The SMILES string of the molecule is CCCC(NC(=O)C(C)(C)c1cccc(C(F)(F)F)c1)C(=O)O. The lowest BCUT2D eigenvalue weighted by molar-refractivity contribution is -0.142. The Morgan fingerprint density at radius 1 is 1.22 bits per heavy atom. The first-order valence-electron chi connectivity index (χ1n) is 7.21. The summed E-state index contributed by atoms with van der Waals surface area (Å²) in [6, 6.07) is 3.43. The van der Waals surface area contributed by atoms with Crippen LogP contribution in [0.3, 0.4) is 0 Å². The zero-order chi connectivity index (χ0) is 17.8. The number of carboxylic acid groups (broad SMARTS) is 1. The summed E-state index contributed by atoms with van der Waals surface area (Å²) in [7, 11) is 0. The molecule has 128 valence electrons. The predicted molar refractivity (Wildman–Crippen MR) is 78.9 cm³/mol. The molecule has 0 spiro atoms. The third-order valence-electron chi connectivity index (χ3n) is 3.66. The first kappa shape index (κ1) is 19.0. The maximum Gasteiger partial charge on any atom is 0.416 e. The Labute approximate surface area is 132 Å². The highest BCUT2D eigenvalue weighted by atomic mass is 19.4. The van der Waals surface area contributed by atoms with Crippen LogP contribution in [0.5, 0.6) is 0 Å². The summed E-state index contributed by atoms with van der Waals surface area (Å²) in [5.74, 6) is -1.79. The Balaban J connectivity index is 3.06. The fraction of sp³-hybridized carbons (Fsp3) is 0.500. The highest BCUT2D eigenvalue weighted by Gasteiger charge is 2.36. The molecule has 1 rings (SSSR count). The molecule has 0 aliphatic rings. The van der Waals surface area contributed by atoms with Gasteiger partial charge in [-0.05, 0) is 31.9 Å².